The van der Waals surface area contributed by atoms with E-state index in [-0.39, 0.29) is 17.1 Å². The maximum atomic E-state index is 13.9. The molecule has 0 aliphatic rings. The summed E-state index contributed by atoms with van der Waals surface area (Å²) in [6, 6.07) is 5.11. The van der Waals surface area contributed by atoms with Crippen molar-refractivity contribution in [2.24, 2.45) is 0 Å². The number of rotatable bonds is 1. The molecule has 3 aromatic rings. The van der Waals surface area contributed by atoms with E-state index in [1.807, 2.05) is 13.0 Å². The Kier molecular flexibility index (Phi) is 2.97. The summed E-state index contributed by atoms with van der Waals surface area (Å²) in [6.07, 6.45) is 1.74. The second-order valence-corrected chi connectivity index (χ2v) is 5.42. The fourth-order valence-corrected chi connectivity index (χ4v) is 2.71. The van der Waals surface area contributed by atoms with Crippen LogP contribution >= 0.6 is 15.9 Å². The minimum atomic E-state index is -0.557. The van der Waals surface area contributed by atoms with E-state index < -0.39 is 11.6 Å². The normalized spacial score (nSPS) is 11.2. The van der Waals surface area contributed by atoms with Crippen molar-refractivity contribution in [3.8, 4) is 11.3 Å². The molecular weight excluding hydrogens is 328 g/mol. The maximum Gasteiger partial charge on any atom is 0.142 e. The van der Waals surface area contributed by atoms with Gasteiger partial charge in [0, 0.05) is 16.2 Å². The molecule has 2 aromatic heterocycles. The molecule has 0 saturated heterocycles. The van der Waals surface area contributed by atoms with Gasteiger partial charge in [-0.1, -0.05) is 0 Å². The molecule has 2 N–H and O–H groups in total. The SMILES string of the molecule is Cc1cc(Br)cn2c(N)c(-c3cc(F)ccc3F)nc12. The molecule has 3 rings (SSSR count). The molecule has 1 aromatic carbocycles. The summed E-state index contributed by atoms with van der Waals surface area (Å²) in [6.45, 7) is 1.87. The number of anilines is 1. The van der Waals surface area contributed by atoms with Crippen LogP contribution in [0.3, 0.4) is 0 Å². The molecule has 0 aliphatic carbocycles. The average Bonchev–Trinajstić information content (AvgIpc) is 2.71. The number of imidazole rings is 1. The molecular formula is C14H10BrF2N3. The molecule has 0 fully saturated rings. The average molecular weight is 338 g/mol. The molecule has 0 radical (unpaired) electrons. The van der Waals surface area contributed by atoms with Crippen LogP contribution in [0.5, 0.6) is 0 Å². The summed E-state index contributed by atoms with van der Waals surface area (Å²) in [7, 11) is 0. The summed E-state index contributed by atoms with van der Waals surface area (Å²) in [5.74, 6) is -0.817. The Morgan fingerprint density at radius 2 is 2.00 bits per heavy atom. The van der Waals surface area contributed by atoms with Gasteiger partial charge in [0.1, 0.15) is 28.8 Å². The van der Waals surface area contributed by atoms with Crippen molar-refractivity contribution in [3.05, 3.63) is 52.1 Å². The van der Waals surface area contributed by atoms with Gasteiger partial charge in [-0.25, -0.2) is 13.8 Å². The van der Waals surface area contributed by atoms with E-state index in [2.05, 4.69) is 20.9 Å². The first-order chi connectivity index (χ1) is 9.47. The van der Waals surface area contributed by atoms with Crippen molar-refractivity contribution in [1.82, 2.24) is 9.38 Å². The van der Waals surface area contributed by atoms with Crippen LogP contribution in [0, 0.1) is 18.6 Å². The molecule has 0 amide bonds. The Hall–Kier alpha value is -1.95. The number of aromatic nitrogens is 2. The zero-order chi connectivity index (χ0) is 14.4. The Labute approximate surface area is 122 Å². The fourth-order valence-electron chi connectivity index (χ4n) is 2.16. The lowest BCUT2D eigenvalue weighted by Gasteiger charge is -2.02. The van der Waals surface area contributed by atoms with Crippen molar-refractivity contribution in [3.63, 3.8) is 0 Å². The Balaban J connectivity index is 2.35. The van der Waals surface area contributed by atoms with Crippen molar-refractivity contribution >= 4 is 27.4 Å². The Bertz CT molecular complexity index is 827. The first-order valence-corrected chi connectivity index (χ1v) is 6.66. The first-order valence-electron chi connectivity index (χ1n) is 5.86. The third-order valence-corrected chi connectivity index (χ3v) is 3.52. The van der Waals surface area contributed by atoms with Crippen LogP contribution in [0.2, 0.25) is 0 Å². The summed E-state index contributed by atoms with van der Waals surface area (Å²) in [5.41, 5.74) is 7.81. The number of fused-ring (bicyclic) bond motifs is 1. The van der Waals surface area contributed by atoms with Crippen molar-refractivity contribution < 1.29 is 8.78 Å². The smallest absolute Gasteiger partial charge is 0.142 e. The van der Waals surface area contributed by atoms with E-state index in [9.17, 15) is 8.78 Å². The molecule has 6 heteroatoms. The van der Waals surface area contributed by atoms with Gasteiger partial charge < -0.3 is 5.73 Å². The van der Waals surface area contributed by atoms with Crippen LogP contribution < -0.4 is 5.73 Å². The number of aryl methyl sites for hydroxylation is 1. The van der Waals surface area contributed by atoms with Crippen LogP contribution in [0.25, 0.3) is 16.9 Å². The molecule has 0 bridgehead atoms. The van der Waals surface area contributed by atoms with E-state index in [4.69, 9.17) is 5.73 Å². The molecule has 0 atom stereocenters. The Morgan fingerprint density at radius 1 is 1.25 bits per heavy atom. The number of pyridine rings is 1. The largest absolute Gasteiger partial charge is 0.383 e. The van der Waals surface area contributed by atoms with E-state index in [0.29, 0.717) is 5.65 Å². The minimum Gasteiger partial charge on any atom is -0.383 e. The lowest BCUT2D eigenvalue weighted by Crippen LogP contribution is -1.96. The summed E-state index contributed by atoms with van der Waals surface area (Å²) in [4.78, 5) is 4.34. The van der Waals surface area contributed by atoms with E-state index in [1.165, 1.54) is 0 Å². The highest BCUT2D eigenvalue weighted by atomic mass is 79.9. The second-order valence-electron chi connectivity index (χ2n) is 4.50. The summed E-state index contributed by atoms with van der Waals surface area (Å²) < 4.78 is 29.7. The van der Waals surface area contributed by atoms with Gasteiger partial charge in [0.2, 0.25) is 0 Å². The monoisotopic (exact) mass is 337 g/mol. The van der Waals surface area contributed by atoms with Crippen LogP contribution in [-0.2, 0) is 0 Å². The van der Waals surface area contributed by atoms with Gasteiger partial charge in [-0.2, -0.15) is 0 Å². The van der Waals surface area contributed by atoms with Gasteiger partial charge in [0.25, 0.3) is 0 Å². The van der Waals surface area contributed by atoms with Gasteiger partial charge in [0.15, 0.2) is 0 Å². The number of hydrogen-bond donors (Lipinski definition) is 1. The fraction of sp³-hybridized carbons (Fsp3) is 0.0714. The molecule has 0 aliphatic heterocycles. The van der Waals surface area contributed by atoms with Gasteiger partial charge in [-0.05, 0) is 52.7 Å². The van der Waals surface area contributed by atoms with Crippen LogP contribution in [0.4, 0.5) is 14.6 Å². The number of hydrogen-bond acceptors (Lipinski definition) is 2. The minimum absolute atomic E-state index is 0.0572. The molecule has 0 saturated carbocycles. The molecule has 3 nitrogen and oxygen atoms in total. The standard InChI is InChI=1S/C14H10BrF2N3/c1-7-4-8(15)6-20-13(18)12(19-14(7)20)10-5-9(16)2-3-11(10)17/h2-6H,18H2,1H3. The highest BCUT2D eigenvalue weighted by Gasteiger charge is 2.17. The van der Waals surface area contributed by atoms with Crippen molar-refractivity contribution in [2.75, 3.05) is 5.73 Å². The van der Waals surface area contributed by atoms with Gasteiger partial charge in [-0.3, -0.25) is 4.40 Å². The lowest BCUT2D eigenvalue weighted by molar-refractivity contribution is 0.603. The first kappa shape index (κ1) is 13.1. The molecule has 2 heterocycles. The molecule has 20 heavy (non-hydrogen) atoms. The third kappa shape index (κ3) is 1.96. The number of benzene rings is 1. The van der Waals surface area contributed by atoms with Gasteiger partial charge >= 0.3 is 0 Å². The quantitative estimate of drug-likeness (QED) is 0.731. The highest BCUT2D eigenvalue weighted by Crippen LogP contribution is 2.31. The van der Waals surface area contributed by atoms with Crippen molar-refractivity contribution in [2.45, 2.75) is 6.92 Å². The third-order valence-electron chi connectivity index (χ3n) is 3.09. The van der Waals surface area contributed by atoms with E-state index in [1.54, 1.807) is 10.6 Å². The van der Waals surface area contributed by atoms with Crippen LogP contribution in [-0.4, -0.2) is 9.38 Å². The summed E-state index contributed by atoms with van der Waals surface area (Å²) in [5, 5.41) is 0. The number of nitrogens with two attached hydrogens (primary N) is 1. The zero-order valence-electron chi connectivity index (χ0n) is 10.5. The number of nitrogen functional groups attached to an aromatic ring is 1. The van der Waals surface area contributed by atoms with Gasteiger partial charge in [0.05, 0.1) is 0 Å². The van der Waals surface area contributed by atoms with Crippen molar-refractivity contribution in [1.29, 1.82) is 0 Å². The Morgan fingerprint density at radius 3 is 2.75 bits per heavy atom. The highest BCUT2D eigenvalue weighted by molar-refractivity contribution is 9.10. The molecule has 0 spiro atoms. The summed E-state index contributed by atoms with van der Waals surface area (Å²) >= 11 is 3.37. The topological polar surface area (TPSA) is 43.3 Å². The predicted molar refractivity (Wildman–Crippen MR) is 77.4 cm³/mol. The predicted octanol–water partition coefficient (Wildman–Crippen LogP) is 3.93. The van der Waals surface area contributed by atoms with Gasteiger partial charge in [-0.15, -0.1) is 0 Å². The van der Waals surface area contributed by atoms with Crippen LogP contribution in [0.1, 0.15) is 5.56 Å². The number of nitrogens with zero attached hydrogens (tertiary/aromatic N) is 2. The molecule has 102 valence electrons. The number of halogens is 3. The second kappa shape index (κ2) is 4.56. The lowest BCUT2D eigenvalue weighted by atomic mass is 10.1. The van der Waals surface area contributed by atoms with E-state index >= 15 is 0 Å². The van der Waals surface area contributed by atoms with Crippen LogP contribution in [0.15, 0.2) is 34.9 Å². The molecule has 0 unspecified atom stereocenters. The maximum absolute atomic E-state index is 13.9. The zero-order valence-corrected chi connectivity index (χ0v) is 12.1. The van der Waals surface area contributed by atoms with E-state index in [0.717, 1.165) is 28.2 Å².